The van der Waals surface area contributed by atoms with Gasteiger partial charge in [0.25, 0.3) is 0 Å². The molecule has 2 nitrogen and oxygen atoms in total. The third-order valence-electron chi connectivity index (χ3n) is 2.46. The first-order valence-electron chi connectivity index (χ1n) is 5.31. The molecule has 1 aromatic heterocycles. The maximum absolute atomic E-state index is 6.17. The van der Waals surface area contributed by atoms with E-state index in [1.807, 2.05) is 30.3 Å². The Labute approximate surface area is 100 Å². The smallest absolute Gasteiger partial charge is 0.107 e. The van der Waals surface area contributed by atoms with Gasteiger partial charge in [0.05, 0.1) is 10.6 Å². The highest BCUT2D eigenvalue weighted by molar-refractivity contribution is 7.06. The lowest BCUT2D eigenvalue weighted by molar-refractivity contribution is 0.606. The number of nitrogen functional groups attached to an aromatic ring is 1. The van der Waals surface area contributed by atoms with Gasteiger partial charge in [0.2, 0.25) is 0 Å². The van der Waals surface area contributed by atoms with Crippen molar-refractivity contribution in [2.75, 3.05) is 5.73 Å². The van der Waals surface area contributed by atoms with Gasteiger partial charge in [-0.1, -0.05) is 51.1 Å². The molecule has 0 fully saturated rings. The van der Waals surface area contributed by atoms with E-state index in [0.717, 1.165) is 21.8 Å². The average Bonchev–Trinajstić information content (AvgIpc) is 2.61. The number of nitrogens with two attached hydrogens (primary N) is 1. The minimum absolute atomic E-state index is 0.0643. The number of benzene rings is 1. The minimum Gasteiger partial charge on any atom is -0.396 e. The van der Waals surface area contributed by atoms with Crippen LogP contribution in [0.1, 0.15) is 25.6 Å². The second kappa shape index (κ2) is 3.91. The van der Waals surface area contributed by atoms with Gasteiger partial charge in [0, 0.05) is 5.56 Å². The molecule has 16 heavy (non-hydrogen) atoms. The Bertz CT molecular complexity index is 480. The average molecular weight is 232 g/mol. The molecule has 2 aromatic rings. The fraction of sp³-hybridized carbons (Fsp3) is 0.308. The SMILES string of the molecule is CC(C)(C)c1snc(-c2ccccc2)c1N. The van der Waals surface area contributed by atoms with Crippen LogP contribution >= 0.6 is 11.5 Å². The summed E-state index contributed by atoms with van der Waals surface area (Å²) in [5.74, 6) is 0. The number of aromatic nitrogens is 1. The van der Waals surface area contributed by atoms with Crippen molar-refractivity contribution in [3.05, 3.63) is 35.2 Å². The summed E-state index contributed by atoms with van der Waals surface area (Å²) < 4.78 is 4.47. The van der Waals surface area contributed by atoms with Gasteiger partial charge in [0.15, 0.2) is 0 Å². The van der Waals surface area contributed by atoms with Gasteiger partial charge in [-0.05, 0) is 16.9 Å². The van der Waals surface area contributed by atoms with Gasteiger partial charge in [0.1, 0.15) is 5.69 Å². The van der Waals surface area contributed by atoms with Crippen LogP contribution in [0, 0.1) is 0 Å². The standard InChI is InChI=1S/C13H16N2S/c1-13(2,3)12-10(14)11(15-16-12)9-7-5-4-6-8-9/h4-8H,14H2,1-3H3. The lowest BCUT2D eigenvalue weighted by atomic mass is 9.92. The van der Waals surface area contributed by atoms with Crippen LogP contribution in [0.2, 0.25) is 0 Å². The lowest BCUT2D eigenvalue weighted by Gasteiger charge is -2.16. The predicted molar refractivity (Wildman–Crippen MR) is 70.7 cm³/mol. The quantitative estimate of drug-likeness (QED) is 0.814. The van der Waals surface area contributed by atoms with Crippen LogP contribution in [0.3, 0.4) is 0 Å². The maximum Gasteiger partial charge on any atom is 0.107 e. The van der Waals surface area contributed by atoms with Crippen LogP contribution in [0.5, 0.6) is 0 Å². The second-order valence-electron chi connectivity index (χ2n) is 4.89. The molecule has 0 saturated heterocycles. The molecular weight excluding hydrogens is 216 g/mol. The summed E-state index contributed by atoms with van der Waals surface area (Å²) in [5.41, 5.74) is 9.06. The number of anilines is 1. The molecule has 0 unspecified atom stereocenters. The fourth-order valence-electron chi connectivity index (χ4n) is 1.64. The maximum atomic E-state index is 6.17. The number of hydrogen-bond donors (Lipinski definition) is 1. The second-order valence-corrected chi connectivity index (χ2v) is 5.66. The number of nitrogens with zero attached hydrogens (tertiary/aromatic N) is 1. The Morgan fingerprint density at radius 1 is 1.12 bits per heavy atom. The van der Waals surface area contributed by atoms with E-state index in [9.17, 15) is 0 Å². The topological polar surface area (TPSA) is 38.9 Å². The van der Waals surface area contributed by atoms with Crippen LogP contribution in [0.25, 0.3) is 11.3 Å². The highest BCUT2D eigenvalue weighted by Crippen LogP contribution is 2.37. The number of rotatable bonds is 1. The first-order chi connectivity index (χ1) is 7.50. The predicted octanol–water partition coefficient (Wildman–Crippen LogP) is 3.69. The highest BCUT2D eigenvalue weighted by atomic mass is 32.1. The van der Waals surface area contributed by atoms with Crippen molar-refractivity contribution in [1.82, 2.24) is 4.37 Å². The van der Waals surface area contributed by atoms with Gasteiger partial charge in [-0.2, -0.15) is 4.37 Å². The first kappa shape index (κ1) is 11.1. The Kier molecular flexibility index (Phi) is 2.72. The van der Waals surface area contributed by atoms with Crippen LogP contribution in [-0.2, 0) is 5.41 Å². The zero-order chi connectivity index (χ0) is 11.8. The van der Waals surface area contributed by atoms with E-state index in [-0.39, 0.29) is 5.41 Å². The lowest BCUT2D eigenvalue weighted by Crippen LogP contribution is -2.11. The van der Waals surface area contributed by atoms with Gasteiger partial charge >= 0.3 is 0 Å². The molecule has 0 aliphatic carbocycles. The molecule has 0 spiro atoms. The largest absolute Gasteiger partial charge is 0.396 e. The summed E-state index contributed by atoms with van der Waals surface area (Å²) in [6.45, 7) is 6.48. The van der Waals surface area contributed by atoms with Crippen LogP contribution in [0.4, 0.5) is 5.69 Å². The molecule has 0 saturated carbocycles. The summed E-state index contributed by atoms with van der Waals surface area (Å²) in [6, 6.07) is 10.1. The normalized spacial score (nSPS) is 11.7. The van der Waals surface area contributed by atoms with Crippen molar-refractivity contribution in [2.45, 2.75) is 26.2 Å². The van der Waals surface area contributed by atoms with Gasteiger partial charge in [-0.25, -0.2) is 0 Å². The molecule has 2 N–H and O–H groups in total. The van der Waals surface area contributed by atoms with Crippen molar-refractivity contribution in [2.24, 2.45) is 0 Å². The van der Waals surface area contributed by atoms with E-state index >= 15 is 0 Å². The monoisotopic (exact) mass is 232 g/mol. The molecule has 84 valence electrons. The van der Waals surface area contributed by atoms with Gasteiger partial charge in [-0.15, -0.1) is 0 Å². The summed E-state index contributed by atoms with van der Waals surface area (Å²) in [7, 11) is 0. The van der Waals surface area contributed by atoms with Crippen molar-refractivity contribution < 1.29 is 0 Å². The summed E-state index contributed by atoms with van der Waals surface area (Å²) in [6.07, 6.45) is 0. The summed E-state index contributed by atoms with van der Waals surface area (Å²) in [4.78, 5) is 1.16. The van der Waals surface area contributed by atoms with Crippen molar-refractivity contribution in [3.8, 4) is 11.3 Å². The van der Waals surface area contributed by atoms with Gasteiger partial charge in [-0.3, -0.25) is 0 Å². The fourth-order valence-corrected chi connectivity index (χ4v) is 2.50. The van der Waals surface area contributed by atoms with E-state index < -0.39 is 0 Å². The van der Waals surface area contributed by atoms with E-state index in [2.05, 4.69) is 25.1 Å². The molecule has 0 radical (unpaired) electrons. The molecule has 0 amide bonds. The Morgan fingerprint density at radius 3 is 2.25 bits per heavy atom. The van der Waals surface area contributed by atoms with E-state index in [1.165, 1.54) is 11.5 Å². The molecule has 1 heterocycles. The molecule has 0 aliphatic rings. The summed E-state index contributed by atoms with van der Waals surface area (Å²) in [5, 5.41) is 0. The third-order valence-corrected chi connectivity index (χ3v) is 3.75. The van der Waals surface area contributed by atoms with Gasteiger partial charge < -0.3 is 5.73 Å². The molecule has 0 bridgehead atoms. The van der Waals surface area contributed by atoms with E-state index in [4.69, 9.17) is 5.73 Å². The Hall–Kier alpha value is -1.35. The molecule has 3 heteroatoms. The van der Waals surface area contributed by atoms with Crippen LogP contribution in [-0.4, -0.2) is 4.37 Å². The molecule has 2 rings (SSSR count). The Balaban J connectivity index is 2.50. The van der Waals surface area contributed by atoms with Crippen molar-refractivity contribution in [1.29, 1.82) is 0 Å². The highest BCUT2D eigenvalue weighted by Gasteiger charge is 2.22. The Morgan fingerprint density at radius 2 is 1.75 bits per heavy atom. The molecule has 1 aromatic carbocycles. The first-order valence-corrected chi connectivity index (χ1v) is 6.08. The van der Waals surface area contributed by atoms with Crippen LogP contribution in [0.15, 0.2) is 30.3 Å². The third kappa shape index (κ3) is 1.95. The number of hydrogen-bond acceptors (Lipinski definition) is 3. The van der Waals surface area contributed by atoms with Crippen LogP contribution < -0.4 is 5.73 Å². The zero-order valence-electron chi connectivity index (χ0n) is 9.82. The molecule has 0 atom stereocenters. The minimum atomic E-state index is 0.0643. The molecule has 0 aliphatic heterocycles. The van der Waals surface area contributed by atoms with Crippen molar-refractivity contribution in [3.63, 3.8) is 0 Å². The zero-order valence-corrected chi connectivity index (χ0v) is 10.6. The molecular formula is C13H16N2S. The van der Waals surface area contributed by atoms with E-state index in [1.54, 1.807) is 0 Å². The van der Waals surface area contributed by atoms with Crippen molar-refractivity contribution >= 4 is 17.2 Å². The summed E-state index contributed by atoms with van der Waals surface area (Å²) >= 11 is 1.50. The van der Waals surface area contributed by atoms with E-state index in [0.29, 0.717) is 0 Å².